The molecule has 0 aliphatic carbocycles. The zero-order valence-corrected chi connectivity index (χ0v) is 10.5. The number of hydrogen-bond donors (Lipinski definition) is 0. The van der Waals surface area contributed by atoms with E-state index in [0.717, 1.165) is 33.9 Å². The number of fused-ring (bicyclic) bond motifs is 3. The molecule has 0 fully saturated rings. The van der Waals surface area contributed by atoms with Crippen LogP contribution in [0.4, 0.5) is 0 Å². The summed E-state index contributed by atoms with van der Waals surface area (Å²) in [6.07, 6.45) is 2.61. The number of pyridine rings is 2. The van der Waals surface area contributed by atoms with Crippen molar-refractivity contribution in [2.24, 2.45) is 7.05 Å². The first-order valence-corrected chi connectivity index (χ1v) is 6.08. The zero-order valence-electron chi connectivity index (χ0n) is 10.5. The van der Waals surface area contributed by atoms with Gasteiger partial charge < -0.3 is 4.57 Å². The molecule has 0 unspecified atom stereocenters. The molecule has 1 aromatic carbocycles. The molecule has 0 bridgehead atoms. The van der Waals surface area contributed by atoms with Crippen molar-refractivity contribution < 1.29 is 0 Å². The standard InChI is InChI=1S/C15H14N2O/c1-3-11-9-13(18)12-7-6-10-5-4-8-16-14(10)15(12)17(11)2/h4-9H,3H2,1-2H3. The van der Waals surface area contributed by atoms with E-state index in [9.17, 15) is 4.79 Å². The first-order valence-electron chi connectivity index (χ1n) is 6.08. The zero-order chi connectivity index (χ0) is 12.7. The molecule has 0 radical (unpaired) electrons. The number of rotatable bonds is 1. The van der Waals surface area contributed by atoms with Crippen LogP contribution in [0.5, 0.6) is 0 Å². The van der Waals surface area contributed by atoms with Gasteiger partial charge in [-0.1, -0.05) is 19.1 Å². The molecule has 0 amide bonds. The molecule has 90 valence electrons. The second-order valence-electron chi connectivity index (χ2n) is 4.45. The molecule has 3 rings (SSSR count). The second kappa shape index (κ2) is 3.95. The number of nitrogens with zero attached hydrogens (tertiary/aromatic N) is 2. The fourth-order valence-electron chi connectivity index (χ4n) is 2.48. The van der Waals surface area contributed by atoms with Crippen LogP contribution in [0.1, 0.15) is 12.6 Å². The molecule has 0 N–H and O–H groups in total. The van der Waals surface area contributed by atoms with Gasteiger partial charge in [0.05, 0.1) is 11.0 Å². The average Bonchev–Trinajstić information content (AvgIpc) is 2.41. The van der Waals surface area contributed by atoms with Crippen molar-refractivity contribution in [1.29, 1.82) is 0 Å². The van der Waals surface area contributed by atoms with Crippen LogP contribution >= 0.6 is 0 Å². The Balaban J connectivity index is 2.64. The summed E-state index contributed by atoms with van der Waals surface area (Å²) in [7, 11) is 1.99. The normalized spacial score (nSPS) is 11.2. The Kier molecular flexibility index (Phi) is 2.40. The van der Waals surface area contributed by atoms with Crippen molar-refractivity contribution in [3.8, 4) is 0 Å². The summed E-state index contributed by atoms with van der Waals surface area (Å²) in [4.78, 5) is 16.5. The minimum Gasteiger partial charge on any atom is -0.346 e. The van der Waals surface area contributed by atoms with Crippen LogP contribution in [0.3, 0.4) is 0 Å². The number of aromatic nitrogens is 2. The van der Waals surface area contributed by atoms with Gasteiger partial charge in [0.25, 0.3) is 0 Å². The first-order chi connectivity index (χ1) is 8.72. The van der Waals surface area contributed by atoms with E-state index in [1.807, 2.05) is 31.3 Å². The summed E-state index contributed by atoms with van der Waals surface area (Å²) in [6, 6.07) is 9.50. The predicted octanol–water partition coefficient (Wildman–Crippen LogP) is 2.65. The summed E-state index contributed by atoms with van der Waals surface area (Å²) >= 11 is 0. The van der Waals surface area contributed by atoms with E-state index in [1.54, 1.807) is 12.3 Å². The summed E-state index contributed by atoms with van der Waals surface area (Å²) in [5.41, 5.74) is 2.93. The van der Waals surface area contributed by atoms with E-state index in [4.69, 9.17) is 0 Å². The molecule has 18 heavy (non-hydrogen) atoms. The van der Waals surface area contributed by atoms with Gasteiger partial charge in [-0.3, -0.25) is 9.78 Å². The highest BCUT2D eigenvalue weighted by atomic mass is 16.1. The first kappa shape index (κ1) is 11.0. The molecule has 0 atom stereocenters. The van der Waals surface area contributed by atoms with Crippen LogP contribution < -0.4 is 5.43 Å². The van der Waals surface area contributed by atoms with Crippen LogP contribution in [0.25, 0.3) is 21.8 Å². The molecule has 2 heterocycles. The van der Waals surface area contributed by atoms with Gasteiger partial charge in [0.15, 0.2) is 5.43 Å². The maximum atomic E-state index is 12.1. The SMILES string of the molecule is CCc1cc(=O)c2ccc3cccnc3c2n1C. The Morgan fingerprint density at radius 1 is 1.28 bits per heavy atom. The third-order valence-corrected chi connectivity index (χ3v) is 3.44. The third-order valence-electron chi connectivity index (χ3n) is 3.44. The molecule has 3 aromatic rings. The summed E-state index contributed by atoms with van der Waals surface area (Å²) in [6.45, 7) is 2.05. The summed E-state index contributed by atoms with van der Waals surface area (Å²) in [5.74, 6) is 0. The van der Waals surface area contributed by atoms with E-state index in [-0.39, 0.29) is 5.43 Å². The van der Waals surface area contributed by atoms with E-state index in [0.29, 0.717) is 0 Å². The molecule has 2 aromatic heterocycles. The van der Waals surface area contributed by atoms with E-state index >= 15 is 0 Å². The van der Waals surface area contributed by atoms with Crippen molar-refractivity contribution in [1.82, 2.24) is 9.55 Å². The molecule has 3 heteroatoms. The molecule has 0 aliphatic rings. The molecular weight excluding hydrogens is 224 g/mol. The van der Waals surface area contributed by atoms with Crippen LogP contribution in [-0.4, -0.2) is 9.55 Å². The maximum absolute atomic E-state index is 12.1. The second-order valence-corrected chi connectivity index (χ2v) is 4.45. The van der Waals surface area contributed by atoms with Gasteiger partial charge in [-0.15, -0.1) is 0 Å². The van der Waals surface area contributed by atoms with Gasteiger partial charge in [-0.2, -0.15) is 0 Å². The van der Waals surface area contributed by atoms with Crippen molar-refractivity contribution in [2.45, 2.75) is 13.3 Å². The third kappa shape index (κ3) is 1.44. The predicted molar refractivity (Wildman–Crippen MR) is 73.9 cm³/mol. The Labute approximate surface area is 105 Å². The Hall–Kier alpha value is -2.16. The van der Waals surface area contributed by atoms with E-state index in [2.05, 4.69) is 16.5 Å². The monoisotopic (exact) mass is 238 g/mol. The Morgan fingerprint density at radius 3 is 2.89 bits per heavy atom. The van der Waals surface area contributed by atoms with E-state index < -0.39 is 0 Å². The summed E-state index contributed by atoms with van der Waals surface area (Å²) < 4.78 is 2.08. The highest BCUT2D eigenvalue weighted by Gasteiger charge is 2.09. The molecule has 0 saturated carbocycles. The van der Waals surface area contributed by atoms with Crippen LogP contribution in [-0.2, 0) is 13.5 Å². The Bertz CT molecular complexity index is 803. The average molecular weight is 238 g/mol. The number of aryl methyl sites for hydroxylation is 2. The number of hydrogen-bond acceptors (Lipinski definition) is 2. The van der Waals surface area contributed by atoms with Crippen molar-refractivity contribution in [3.05, 3.63) is 52.4 Å². The fourth-order valence-corrected chi connectivity index (χ4v) is 2.48. The van der Waals surface area contributed by atoms with Crippen molar-refractivity contribution in [2.75, 3.05) is 0 Å². The van der Waals surface area contributed by atoms with E-state index in [1.165, 1.54) is 0 Å². The van der Waals surface area contributed by atoms with Crippen LogP contribution in [0.15, 0.2) is 41.3 Å². The lowest BCUT2D eigenvalue weighted by Crippen LogP contribution is -2.11. The molecular formula is C15H14N2O. The quantitative estimate of drug-likeness (QED) is 0.611. The molecule has 3 nitrogen and oxygen atoms in total. The minimum atomic E-state index is 0.0764. The van der Waals surface area contributed by atoms with Gasteiger partial charge in [-0.05, 0) is 18.6 Å². The van der Waals surface area contributed by atoms with Crippen molar-refractivity contribution in [3.63, 3.8) is 0 Å². The van der Waals surface area contributed by atoms with Gasteiger partial charge in [0.1, 0.15) is 0 Å². The fraction of sp³-hybridized carbons (Fsp3) is 0.200. The van der Waals surface area contributed by atoms with Gasteiger partial charge >= 0.3 is 0 Å². The smallest absolute Gasteiger partial charge is 0.189 e. The topological polar surface area (TPSA) is 34.9 Å². The van der Waals surface area contributed by atoms with Crippen LogP contribution in [0, 0.1) is 0 Å². The highest BCUT2D eigenvalue weighted by molar-refractivity contribution is 6.02. The van der Waals surface area contributed by atoms with Gasteiger partial charge in [-0.25, -0.2) is 0 Å². The maximum Gasteiger partial charge on any atom is 0.189 e. The summed E-state index contributed by atoms with van der Waals surface area (Å²) in [5, 5.41) is 1.80. The lowest BCUT2D eigenvalue weighted by Gasteiger charge is -2.12. The Morgan fingerprint density at radius 2 is 2.11 bits per heavy atom. The van der Waals surface area contributed by atoms with Gasteiger partial charge in [0, 0.05) is 35.8 Å². The highest BCUT2D eigenvalue weighted by Crippen LogP contribution is 2.21. The lowest BCUT2D eigenvalue weighted by atomic mass is 10.1. The van der Waals surface area contributed by atoms with Crippen LogP contribution in [0.2, 0.25) is 0 Å². The number of benzene rings is 1. The molecule has 0 aliphatic heterocycles. The minimum absolute atomic E-state index is 0.0764. The van der Waals surface area contributed by atoms with Crippen molar-refractivity contribution >= 4 is 21.8 Å². The van der Waals surface area contributed by atoms with Gasteiger partial charge in [0.2, 0.25) is 0 Å². The lowest BCUT2D eigenvalue weighted by molar-refractivity contribution is 0.849. The molecule has 0 spiro atoms. The largest absolute Gasteiger partial charge is 0.346 e. The molecule has 0 saturated heterocycles.